The van der Waals surface area contributed by atoms with E-state index in [-0.39, 0.29) is 5.41 Å². The SMILES string of the molecule is COc1ccc(C(C)(C)C)cc1CNCCS. The molecule has 0 aliphatic rings. The summed E-state index contributed by atoms with van der Waals surface area (Å²) in [6, 6.07) is 6.42. The zero-order chi connectivity index (χ0) is 12.9. The highest BCUT2D eigenvalue weighted by atomic mass is 32.1. The molecule has 96 valence electrons. The van der Waals surface area contributed by atoms with Gasteiger partial charge in [0.05, 0.1) is 7.11 Å². The summed E-state index contributed by atoms with van der Waals surface area (Å²) in [7, 11) is 1.72. The predicted molar refractivity (Wildman–Crippen MR) is 77.3 cm³/mol. The van der Waals surface area contributed by atoms with Gasteiger partial charge in [-0.3, -0.25) is 0 Å². The Hall–Kier alpha value is -0.670. The van der Waals surface area contributed by atoms with Crippen LogP contribution in [0.4, 0.5) is 0 Å². The quantitative estimate of drug-likeness (QED) is 0.622. The molecule has 0 atom stereocenters. The molecule has 0 amide bonds. The van der Waals surface area contributed by atoms with Crippen molar-refractivity contribution in [1.29, 1.82) is 0 Å². The summed E-state index contributed by atoms with van der Waals surface area (Å²) >= 11 is 4.19. The van der Waals surface area contributed by atoms with Crippen LogP contribution in [0.2, 0.25) is 0 Å². The summed E-state index contributed by atoms with van der Waals surface area (Å²) in [5.41, 5.74) is 2.72. The number of rotatable bonds is 5. The third kappa shape index (κ3) is 4.25. The van der Waals surface area contributed by atoms with Gasteiger partial charge < -0.3 is 10.1 Å². The molecule has 0 saturated carbocycles. The second-order valence-corrected chi connectivity index (χ2v) is 5.62. The Labute approximate surface area is 110 Å². The Morgan fingerprint density at radius 1 is 1.29 bits per heavy atom. The van der Waals surface area contributed by atoms with Gasteiger partial charge >= 0.3 is 0 Å². The van der Waals surface area contributed by atoms with Crippen molar-refractivity contribution in [2.24, 2.45) is 0 Å². The minimum absolute atomic E-state index is 0.171. The molecule has 0 fully saturated rings. The van der Waals surface area contributed by atoms with Crippen LogP contribution < -0.4 is 10.1 Å². The molecular weight excluding hydrogens is 230 g/mol. The summed E-state index contributed by atoms with van der Waals surface area (Å²) in [4.78, 5) is 0. The van der Waals surface area contributed by atoms with Crippen LogP contribution in [-0.4, -0.2) is 19.4 Å². The second kappa shape index (κ2) is 6.31. The highest BCUT2D eigenvalue weighted by Crippen LogP contribution is 2.27. The molecule has 3 heteroatoms. The Bertz CT molecular complexity index is 358. The van der Waals surface area contributed by atoms with Crippen LogP contribution in [-0.2, 0) is 12.0 Å². The van der Waals surface area contributed by atoms with Gasteiger partial charge in [-0.05, 0) is 17.0 Å². The van der Waals surface area contributed by atoms with Crippen molar-refractivity contribution >= 4 is 12.6 Å². The summed E-state index contributed by atoms with van der Waals surface area (Å²) in [5, 5.41) is 3.35. The fourth-order valence-corrected chi connectivity index (χ4v) is 1.84. The van der Waals surface area contributed by atoms with Crippen LogP contribution in [0.3, 0.4) is 0 Å². The maximum atomic E-state index is 5.38. The number of methoxy groups -OCH3 is 1. The first-order chi connectivity index (χ1) is 7.99. The topological polar surface area (TPSA) is 21.3 Å². The van der Waals surface area contributed by atoms with Crippen molar-refractivity contribution in [3.63, 3.8) is 0 Å². The molecule has 0 saturated heterocycles. The molecule has 0 bridgehead atoms. The van der Waals surface area contributed by atoms with E-state index in [0.717, 1.165) is 24.6 Å². The fraction of sp³-hybridized carbons (Fsp3) is 0.571. The molecule has 0 unspecified atom stereocenters. The first-order valence-corrected chi connectivity index (χ1v) is 6.61. The van der Waals surface area contributed by atoms with Gasteiger partial charge in [-0.15, -0.1) is 0 Å². The molecule has 0 aromatic heterocycles. The van der Waals surface area contributed by atoms with Crippen LogP contribution in [0.5, 0.6) is 5.75 Å². The predicted octanol–water partition coefficient (Wildman–Crippen LogP) is 3.01. The van der Waals surface area contributed by atoms with E-state index in [4.69, 9.17) is 4.74 Å². The average Bonchev–Trinajstić information content (AvgIpc) is 2.28. The number of ether oxygens (including phenoxy) is 1. The zero-order valence-corrected chi connectivity index (χ0v) is 12.1. The molecule has 0 aliphatic heterocycles. The number of hydrogen-bond donors (Lipinski definition) is 2. The fourth-order valence-electron chi connectivity index (χ4n) is 1.69. The molecular formula is C14H23NOS. The highest BCUT2D eigenvalue weighted by Gasteiger charge is 2.15. The van der Waals surface area contributed by atoms with Crippen LogP contribution in [0.1, 0.15) is 31.9 Å². The van der Waals surface area contributed by atoms with Gasteiger partial charge in [0.2, 0.25) is 0 Å². The van der Waals surface area contributed by atoms with Crippen molar-refractivity contribution in [2.75, 3.05) is 19.4 Å². The molecule has 1 aromatic rings. The molecule has 0 spiro atoms. The summed E-state index contributed by atoms with van der Waals surface area (Å²) in [5.74, 6) is 1.80. The molecule has 1 rings (SSSR count). The first-order valence-electron chi connectivity index (χ1n) is 5.98. The van der Waals surface area contributed by atoms with E-state index in [1.165, 1.54) is 11.1 Å². The average molecular weight is 253 g/mol. The van der Waals surface area contributed by atoms with Crippen LogP contribution in [0.15, 0.2) is 18.2 Å². The first kappa shape index (κ1) is 14.4. The summed E-state index contributed by atoms with van der Waals surface area (Å²) in [6.45, 7) is 8.40. The van der Waals surface area contributed by atoms with Gasteiger partial charge in [-0.1, -0.05) is 32.9 Å². The number of nitrogens with one attached hydrogen (secondary N) is 1. The lowest BCUT2D eigenvalue weighted by Crippen LogP contribution is -2.18. The van der Waals surface area contributed by atoms with Crippen molar-refractivity contribution in [2.45, 2.75) is 32.7 Å². The van der Waals surface area contributed by atoms with Crippen LogP contribution in [0, 0.1) is 0 Å². The van der Waals surface area contributed by atoms with Gasteiger partial charge in [0.1, 0.15) is 5.75 Å². The Morgan fingerprint density at radius 2 is 2.00 bits per heavy atom. The monoisotopic (exact) mass is 253 g/mol. The van der Waals surface area contributed by atoms with Gasteiger partial charge in [0.25, 0.3) is 0 Å². The third-order valence-corrected chi connectivity index (χ3v) is 2.97. The van der Waals surface area contributed by atoms with E-state index in [0.29, 0.717) is 0 Å². The van der Waals surface area contributed by atoms with Gasteiger partial charge in [0, 0.05) is 24.4 Å². The molecule has 0 heterocycles. The van der Waals surface area contributed by atoms with E-state index in [1.807, 2.05) is 0 Å². The van der Waals surface area contributed by atoms with E-state index in [9.17, 15) is 0 Å². The van der Waals surface area contributed by atoms with E-state index < -0.39 is 0 Å². The Morgan fingerprint density at radius 3 is 2.53 bits per heavy atom. The Balaban J connectivity index is 2.90. The summed E-state index contributed by atoms with van der Waals surface area (Å²) in [6.07, 6.45) is 0. The molecule has 1 N–H and O–H groups in total. The number of hydrogen-bond acceptors (Lipinski definition) is 3. The van der Waals surface area contributed by atoms with Crippen molar-refractivity contribution < 1.29 is 4.74 Å². The van der Waals surface area contributed by atoms with E-state index >= 15 is 0 Å². The lowest BCUT2D eigenvalue weighted by Gasteiger charge is -2.21. The van der Waals surface area contributed by atoms with Crippen molar-refractivity contribution in [3.05, 3.63) is 29.3 Å². The third-order valence-electron chi connectivity index (χ3n) is 2.75. The largest absolute Gasteiger partial charge is 0.496 e. The van der Waals surface area contributed by atoms with E-state index in [2.05, 4.69) is 56.9 Å². The number of thiol groups is 1. The van der Waals surface area contributed by atoms with Gasteiger partial charge in [0.15, 0.2) is 0 Å². The van der Waals surface area contributed by atoms with Crippen LogP contribution in [0.25, 0.3) is 0 Å². The molecule has 0 aliphatic carbocycles. The molecule has 0 radical (unpaired) electrons. The van der Waals surface area contributed by atoms with Gasteiger partial charge in [-0.2, -0.15) is 12.6 Å². The van der Waals surface area contributed by atoms with Crippen molar-refractivity contribution in [3.8, 4) is 5.75 Å². The lowest BCUT2D eigenvalue weighted by atomic mass is 9.86. The normalized spacial score (nSPS) is 11.6. The maximum absolute atomic E-state index is 5.38. The maximum Gasteiger partial charge on any atom is 0.123 e. The number of benzene rings is 1. The smallest absolute Gasteiger partial charge is 0.123 e. The molecule has 1 aromatic carbocycles. The molecule has 2 nitrogen and oxygen atoms in total. The van der Waals surface area contributed by atoms with Crippen molar-refractivity contribution in [1.82, 2.24) is 5.32 Å². The van der Waals surface area contributed by atoms with Crippen LogP contribution >= 0.6 is 12.6 Å². The second-order valence-electron chi connectivity index (χ2n) is 5.18. The standard InChI is InChI=1S/C14H23NOS/c1-14(2,3)12-5-6-13(16-4)11(9-12)10-15-7-8-17/h5-6,9,15,17H,7-8,10H2,1-4H3. The Kier molecular flexibility index (Phi) is 5.34. The molecule has 17 heavy (non-hydrogen) atoms. The minimum atomic E-state index is 0.171. The van der Waals surface area contributed by atoms with Gasteiger partial charge in [-0.25, -0.2) is 0 Å². The highest BCUT2D eigenvalue weighted by molar-refractivity contribution is 7.80. The lowest BCUT2D eigenvalue weighted by molar-refractivity contribution is 0.407. The zero-order valence-electron chi connectivity index (χ0n) is 11.2. The minimum Gasteiger partial charge on any atom is -0.496 e. The summed E-state index contributed by atoms with van der Waals surface area (Å²) < 4.78 is 5.38. The van der Waals surface area contributed by atoms with E-state index in [1.54, 1.807) is 7.11 Å².